The average Bonchev–Trinajstić information content (AvgIpc) is 2.28. The normalized spacial score (nSPS) is 10.2. The van der Waals surface area contributed by atoms with Gasteiger partial charge in [-0.2, -0.15) is 0 Å². The predicted octanol–water partition coefficient (Wildman–Crippen LogP) is 1.31. The van der Waals surface area contributed by atoms with E-state index in [1.807, 2.05) is 0 Å². The number of methoxy groups -OCH3 is 1. The minimum atomic E-state index is -0.503. The third-order valence-electron chi connectivity index (χ3n) is 2.21. The number of hydrogen-bond acceptors (Lipinski definition) is 3. The van der Waals surface area contributed by atoms with Gasteiger partial charge in [-0.1, -0.05) is 12.1 Å². The van der Waals surface area contributed by atoms with Crippen LogP contribution in [0.15, 0.2) is 35.3 Å². The molecular weight excluding hydrogens is 194 g/mol. The predicted molar refractivity (Wildman–Crippen MR) is 55.9 cm³/mol. The van der Waals surface area contributed by atoms with Crippen LogP contribution in [0.25, 0.3) is 10.8 Å². The van der Waals surface area contributed by atoms with E-state index in [1.165, 1.54) is 7.11 Å². The largest absolute Gasteiger partial charge is 0.465 e. The van der Waals surface area contributed by atoms with Gasteiger partial charge in [0.05, 0.1) is 18.1 Å². The van der Waals surface area contributed by atoms with Gasteiger partial charge < -0.3 is 9.72 Å². The van der Waals surface area contributed by atoms with E-state index in [0.717, 1.165) is 5.39 Å². The first kappa shape index (κ1) is 9.45. The zero-order valence-corrected chi connectivity index (χ0v) is 8.11. The molecule has 76 valence electrons. The summed E-state index contributed by atoms with van der Waals surface area (Å²) in [5.74, 6) is -0.503. The zero-order valence-electron chi connectivity index (χ0n) is 8.11. The summed E-state index contributed by atoms with van der Waals surface area (Å²) in [7, 11) is 1.29. The molecule has 0 saturated carbocycles. The summed E-state index contributed by atoms with van der Waals surface area (Å²) in [4.78, 5) is 25.5. The van der Waals surface area contributed by atoms with E-state index in [1.54, 1.807) is 30.5 Å². The molecule has 0 atom stereocenters. The van der Waals surface area contributed by atoms with E-state index in [2.05, 4.69) is 9.72 Å². The van der Waals surface area contributed by atoms with Gasteiger partial charge in [0.1, 0.15) is 0 Å². The van der Waals surface area contributed by atoms with Crippen LogP contribution in [0.4, 0.5) is 0 Å². The maximum absolute atomic E-state index is 11.6. The molecule has 0 unspecified atom stereocenters. The van der Waals surface area contributed by atoms with Crippen LogP contribution in [0.1, 0.15) is 10.4 Å². The molecule has 2 rings (SSSR count). The maximum atomic E-state index is 11.6. The van der Waals surface area contributed by atoms with Gasteiger partial charge in [-0.15, -0.1) is 0 Å². The summed E-state index contributed by atoms with van der Waals surface area (Å²) >= 11 is 0. The Morgan fingerprint density at radius 3 is 2.87 bits per heavy atom. The number of carbonyl (C=O) groups excluding carboxylic acids is 1. The number of benzene rings is 1. The number of hydrogen-bond donors (Lipinski definition) is 1. The number of fused-ring (bicyclic) bond motifs is 1. The number of nitrogens with one attached hydrogen (secondary N) is 1. The molecule has 1 aromatic heterocycles. The molecule has 0 fully saturated rings. The van der Waals surface area contributed by atoms with Crippen molar-refractivity contribution in [2.24, 2.45) is 0 Å². The number of rotatable bonds is 1. The fourth-order valence-corrected chi connectivity index (χ4v) is 1.52. The molecule has 1 heterocycles. The second-order valence-electron chi connectivity index (χ2n) is 3.07. The number of aromatic nitrogens is 1. The SMILES string of the molecule is COC(=O)c1cccc2cc[nH]c(=O)c12. The summed E-state index contributed by atoms with van der Waals surface area (Å²) in [5.41, 5.74) is 0.00495. The van der Waals surface area contributed by atoms with Crippen LogP contribution in [0.5, 0.6) is 0 Å². The number of ether oxygens (including phenoxy) is 1. The molecule has 15 heavy (non-hydrogen) atoms. The molecule has 1 aromatic carbocycles. The van der Waals surface area contributed by atoms with Gasteiger partial charge in [0.25, 0.3) is 5.56 Å². The van der Waals surface area contributed by atoms with Gasteiger partial charge in [-0.3, -0.25) is 4.79 Å². The second kappa shape index (κ2) is 3.57. The van der Waals surface area contributed by atoms with Crippen LogP contribution in [-0.2, 0) is 4.74 Å². The van der Waals surface area contributed by atoms with E-state index >= 15 is 0 Å². The van der Waals surface area contributed by atoms with E-state index in [0.29, 0.717) is 5.39 Å². The van der Waals surface area contributed by atoms with Crippen molar-refractivity contribution in [3.63, 3.8) is 0 Å². The molecular formula is C11H9NO3. The van der Waals surface area contributed by atoms with Crippen molar-refractivity contribution in [3.05, 3.63) is 46.4 Å². The highest BCUT2D eigenvalue weighted by Crippen LogP contribution is 2.14. The number of carbonyl (C=O) groups is 1. The lowest BCUT2D eigenvalue weighted by molar-refractivity contribution is 0.0603. The Hall–Kier alpha value is -2.10. The first-order valence-electron chi connectivity index (χ1n) is 4.43. The maximum Gasteiger partial charge on any atom is 0.338 e. The van der Waals surface area contributed by atoms with Gasteiger partial charge in [0.15, 0.2) is 0 Å². The Kier molecular flexibility index (Phi) is 2.25. The Labute approximate surface area is 85.5 Å². The van der Waals surface area contributed by atoms with Crippen LogP contribution in [0.2, 0.25) is 0 Å². The Bertz CT molecular complexity index is 566. The van der Waals surface area contributed by atoms with Crippen molar-refractivity contribution >= 4 is 16.7 Å². The van der Waals surface area contributed by atoms with Crippen LogP contribution >= 0.6 is 0 Å². The number of pyridine rings is 1. The van der Waals surface area contributed by atoms with E-state index in [9.17, 15) is 9.59 Å². The first-order valence-corrected chi connectivity index (χ1v) is 4.43. The standard InChI is InChI=1S/C11H9NO3/c1-15-11(14)8-4-2-3-7-5-6-12-10(13)9(7)8/h2-6H,1H3,(H,12,13). The molecule has 0 bridgehead atoms. The first-order chi connectivity index (χ1) is 7.24. The molecule has 0 amide bonds. The fraction of sp³-hybridized carbons (Fsp3) is 0.0909. The highest BCUT2D eigenvalue weighted by molar-refractivity contribution is 6.03. The molecule has 0 aliphatic carbocycles. The number of esters is 1. The zero-order chi connectivity index (χ0) is 10.8. The van der Waals surface area contributed by atoms with Crippen molar-refractivity contribution < 1.29 is 9.53 Å². The van der Waals surface area contributed by atoms with Gasteiger partial charge in [0, 0.05) is 6.20 Å². The highest BCUT2D eigenvalue weighted by atomic mass is 16.5. The summed E-state index contributed by atoms with van der Waals surface area (Å²) in [6.07, 6.45) is 1.55. The lowest BCUT2D eigenvalue weighted by atomic mass is 10.1. The summed E-state index contributed by atoms with van der Waals surface area (Å²) in [5, 5.41) is 1.09. The number of H-pyrrole nitrogens is 1. The molecule has 4 nitrogen and oxygen atoms in total. The van der Waals surface area contributed by atoms with E-state index < -0.39 is 5.97 Å². The van der Waals surface area contributed by atoms with Crippen LogP contribution in [-0.4, -0.2) is 18.1 Å². The fourth-order valence-electron chi connectivity index (χ4n) is 1.52. The minimum absolute atomic E-state index is 0.284. The van der Waals surface area contributed by atoms with Crippen LogP contribution < -0.4 is 5.56 Å². The molecule has 0 saturated heterocycles. The minimum Gasteiger partial charge on any atom is -0.465 e. The van der Waals surface area contributed by atoms with Crippen molar-refractivity contribution in [2.45, 2.75) is 0 Å². The summed E-state index contributed by atoms with van der Waals surface area (Å²) < 4.78 is 4.61. The molecule has 2 aromatic rings. The van der Waals surface area contributed by atoms with E-state index in [-0.39, 0.29) is 11.1 Å². The molecule has 0 aliphatic heterocycles. The third kappa shape index (κ3) is 1.50. The second-order valence-corrected chi connectivity index (χ2v) is 3.07. The smallest absolute Gasteiger partial charge is 0.338 e. The Morgan fingerprint density at radius 1 is 1.33 bits per heavy atom. The van der Waals surface area contributed by atoms with Crippen LogP contribution in [0, 0.1) is 0 Å². The molecule has 0 aliphatic rings. The van der Waals surface area contributed by atoms with Gasteiger partial charge in [0.2, 0.25) is 0 Å². The van der Waals surface area contributed by atoms with Gasteiger partial charge >= 0.3 is 5.97 Å². The lowest BCUT2D eigenvalue weighted by Gasteiger charge is -2.02. The van der Waals surface area contributed by atoms with Crippen LogP contribution in [0.3, 0.4) is 0 Å². The molecule has 4 heteroatoms. The highest BCUT2D eigenvalue weighted by Gasteiger charge is 2.11. The quantitative estimate of drug-likeness (QED) is 0.711. The van der Waals surface area contributed by atoms with Crippen molar-refractivity contribution in [2.75, 3.05) is 7.11 Å². The Morgan fingerprint density at radius 2 is 2.13 bits per heavy atom. The van der Waals surface area contributed by atoms with Crippen molar-refractivity contribution in [1.82, 2.24) is 4.98 Å². The molecule has 1 N–H and O–H groups in total. The summed E-state index contributed by atoms with van der Waals surface area (Å²) in [6, 6.07) is 6.80. The van der Waals surface area contributed by atoms with E-state index in [4.69, 9.17) is 0 Å². The summed E-state index contributed by atoms with van der Waals surface area (Å²) in [6.45, 7) is 0. The van der Waals surface area contributed by atoms with Gasteiger partial charge in [-0.25, -0.2) is 4.79 Å². The Balaban J connectivity index is 2.86. The average molecular weight is 203 g/mol. The molecule has 0 radical (unpaired) electrons. The number of aromatic amines is 1. The van der Waals surface area contributed by atoms with Gasteiger partial charge in [-0.05, 0) is 17.5 Å². The van der Waals surface area contributed by atoms with Crippen molar-refractivity contribution in [3.8, 4) is 0 Å². The monoisotopic (exact) mass is 203 g/mol. The molecule has 0 spiro atoms. The van der Waals surface area contributed by atoms with Crippen molar-refractivity contribution in [1.29, 1.82) is 0 Å². The third-order valence-corrected chi connectivity index (χ3v) is 2.21. The topological polar surface area (TPSA) is 59.2 Å². The lowest BCUT2D eigenvalue weighted by Crippen LogP contribution is -2.11.